The van der Waals surface area contributed by atoms with Crippen molar-refractivity contribution in [3.63, 3.8) is 0 Å². The minimum Gasteiger partial charge on any atom is -0.489 e. The molecule has 3 aromatic rings. The van der Waals surface area contributed by atoms with Gasteiger partial charge in [-0.3, -0.25) is 4.98 Å². The predicted octanol–water partition coefficient (Wildman–Crippen LogP) is 5.61. The molecule has 1 aliphatic heterocycles. The fourth-order valence-electron chi connectivity index (χ4n) is 3.81. The van der Waals surface area contributed by atoms with Crippen molar-refractivity contribution in [2.45, 2.75) is 32.5 Å². The summed E-state index contributed by atoms with van der Waals surface area (Å²) in [6.07, 6.45) is -2.25. The van der Waals surface area contributed by atoms with E-state index in [1.807, 2.05) is 25.1 Å². The molecule has 2 aromatic carbocycles. The molecular weight excluding hydrogens is 391 g/mol. The number of benzene rings is 2. The first-order valence-corrected chi connectivity index (χ1v) is 9.74. The molecule has 0 radical (unpaired) electrons. The van der Waals surface area contributed by atoms with Gasteiger partial charge in [0.1, 0.15) is 12.4 Å². The first-order chi connectivity index (χ1) is 14.3. The summed E-state index contributed by atoms with van der Waals surface area (Å²) in [5.74, 6) is 0.0661. The number of hydrogen-bond acceptors (Lipinski definition) is 4. The second-order valence-electron chi connectivity index (χ2n) is 7.43. The second-order valence-corrected chi connectivity index (χ2v) is 7.43. The number of nitriles is 1. The third kappa shape index (κ3) is 4.04. The predicted molar refractivity (Wildman–Crippen MR) is 108 cm³/mol. The number of aromatic nitrogens is 1. The van der Waals surface area contributed by atoms with Gasteiger partial charge in [-0.1, -0.05) is 12.1 Å². The van der Waals surface area contributed by atoms with Crippen LogP contribution in [0.15, 0.2) is 42.5 Å². The summed E-state index contributed by atoms with van der Waals surface area (Å²) in [6, 6.07) is 12.9. The number of pyridine rings is 1. The average molecular weight is 411 g/mol. The minimum atomic E-state index is -4.61. The van der Waals surface area contributed by atoms with Gasteiger partial charge in [0, 0.05) is 29.9 Å². The van der Waals surface area contributed by atoms with Crippen LogP contribution in [-0.2, 0) is 12.8 Å². The van der Waals surface area contributed by atoms with E-state index in [1.165, 1.54) is 24.6 Å². The normalized spacial score (nSPS) is 14.2. The molecule has 0 N–H and O–H groups in total. The number of ether oxygens (including phenoxy) is 1. The van der Waals surface area contributed by atoms with Gasteiger partial charge in [-0.15, -0.1) is 0 Å². The van der Waals surface area contributed by atoms with Crippen LogP contribution in [0.4, 0.5) is 18.9 Å². The average Bonchev–Trinajstić information content (AvgIpc) is 3.25. The lowest BCUT2D eigenvalue weighted by atomic mass is 10.1. The maximum absolute atomic E-state index is 13.1. The van der Waals surface area contributed by atoms with Crippen molar-refractivity contribution < 1.29 is 17.9 Å². The van der Waals surface area contributed by atoms with E-state index >= 15 is 0 Å². The number of aryl methyl sites for hydroxylation is 1. The van der Waals surface area contributed by atoms with Crippen molar-refractivity contribution in [3.05, 3.63) is 64.8 Å². The lowest BCUT2D eigenvalue weighted by Crippen LogP contribution is -2.18. The molecular formula is C23H20F3N3O. The Morgan fingerprint density at radius 3 is 2.57 bits per heavy atom. The second kappa shape index (κ2) is 7.86. The molecule has 0 atom stereocenters. The van der Waals surface area contributed by atoms with Gasteiger partial charge in [0.05, 0.1) is 22.7 Å². The zero-order valence-corrected chi connectivity index (χ0v) is 16.5. The maximum Gasteiger partial charge on any atom is 0.417 e. The molecule has 154 valence electrons. The molecule has 1 saturated heterocycles. The van der Waals surface area contributed by atoms with Crippen molar-refractivity contribution in [1.82, 2.24) is 4.98 Å². The van der Waals surface area contributed by atoms with Crippen LogP contribution in [0.1, 0.15) is 35.2 Å². The van der Waals surface area contributed by atoms with Gasteiger partial charge in [0.25, 0.3) is 0 Å². The number of nitrogens with zero attached hydrogens (tertiary/aromatic N) is 3. The van der Waals surface area contributed by atoms with E-state index in [9.17, 15) is 13.2 Å². The van der Waals surface area contributed by atoms with Gasteiger partial charge in [-0.05, 0) is 55.7 Å². The first kappa shape index (κ1) is 20.0. The third-order valence-electron chi connectivity index (χ3n) is 5.25. The van der Waals surface area contributed by atoms with E-state index in [0.717, 1.165) is 47.4 Å². The Kier molecular flexibility index (Phi) is 5.25. The molecule has 4 nitrogen and oxygen atoms in total. The summed E-state index contributed by atoms with van der Waals surface area (Å²) in [4.78, 5) is 6.99. The summed E-state index contributed by atoms with van der Waals surface area (Å²) in [5, 5.41) is 9.96. The molecule has 2 heterocycles. The smallest absolute Gasteiger partial charge is 0.417 e. The molecule has 0 aliphatic carbocycles. The summed E-state index contributed by atoms with van der Waals surface area (Å²) < 4.78 is 45.0. The Hall–Kier alpha value is -3.27. The molecule has 0 spiro atoms. The number of rotatable bonds is 4. The number of anilines is 1. The number of hydrogen-bond donors (Lipinski definition) is 0. The molecule has 0 amide bonds. The van der Waals surface area contributed by atoms with Crippen LogP contribution in [0.25, 0.3) is 10.9 Å². The molecule has 1 aromatic heterocycles. The largest absolute Gasteiger partial charge is 0.489 e. The van der Waals surface area contributed by atoms with Crippen LogP contribution in [0.3, 0.4) is 0 Å². The summed E-state index contributed by atoms with van der Waals surface area (Å²) >= 11 is 0. The first-order valence-electron chi connectivity index (χ1n) is 9.74. The Labute approximate surface area is 172 Å². The van der Waals surface area contributed by atoms with Crippen molar-refractivity contribution in [1.29, 1.82) is 5.26 Å². The van der Waals surface area contributed by atoms with Gasteiger partial charge >= 0.3 is 6.18 Å². The van der Waals surface area contributed by atoms with E-state index < -0.39 is 17.3 Å². The molecule has 0 saturated carbocycles. The fourth-order valence-corrected chi connectivity index (χ4v) is 3.81. The van der Waals surface area contributed by atoms with Crippen molar-refractivity contribution in [3.8, 4) is 11.8 Å². The van der Waals surface area contributed by atoms with E-state index in [1.54, 1.807) is 6.07 Å². The molecule has 1 fully saturated rings. The Morgan fingerprint density at radius 1 is 1.10 bits per heavy atom. The molecule has 30 heavy (non-hydrogen) atoms. The topological polar surface area (TPSA) is 49.1 Å². The Morgan fingerprint density at radius 2 is 1.87 bits per heavy atom. The number of halogens is 3. The fraction of sp³-hybridized carbons (Fsp3) is 0.304. The van der Waals surface area contributed by atoms with E-state index in [0.29, 0.717) is 0 Å². The highest BCUT2D eigenvalue weighted by molar-refractivity contribution is 5.92. The van der Waals surface area contributed by atoms with Crippen molar-refractivity contribution >= 4 is 16.6 Å². The SMILES string of the molecule is Cc1cc(N2CCCC2)c2ccc(COc3ccc(C#N)c(C(F)(F)F)c3)cc2n1. The summed E-state index contributed by atoms with van der Waals surface area (Å²) in [5.41, 5.74) is 2.33. The molecule has 1 aliphatic rings. The highest BCUT2D eigenvalue weighted by Gasteiger charge is 2.34. The zero-order chi connectivity index (χ0) is 21.3. The van der Waals surface area contributed by atoms with Gasteiger partial charge < -0.3 is 9.64 Å². The third-order valence-corrected chi connectivity index (χ3v) is 5.25. The molecule has 0 bridgehead atoms. The van der Waals surface area contributed by atoms with Gasteiger partial charge in [0.2, 0.25) is 0 Å². The highest BCUT2D eigenvalue weighted by Crippen LogP contribution is 2.34. The van der Waals surface area contributed by atoms with Crippen LogP contribution < -0.4 is 9.64 Å². The summed E-state index contributed by atoms with van der Waals surface area (Å²) in [7, 11) is 0. The van der Waals surface area contributed by atoms with Crippen LogP contribution >= 0.6 is 0 Å². The monoisotopic (exact) mass is 411 g/mol. The van der Waals surface area contributed by atoms with Crippen LogP contribution in [0, 0.1) is 18.3 Å². The lowest BCUT2D eigenvalue weighted by Gasteiger charge is -2.20. The Balaban J connectivity index is 1.59. The highest BCUT2D eigenvalue weighted by atomic mass is 19.4. The molecule has 0 unspecified atom stereocenters. The Bertz CT molecular complexity index is 1130. The number of alkyl halides is 3. The summed E-state index contributed by atoms with van der Waals surface area (Å²) in [6.45, 7) is 4.12. The number of fused-ring (bicyclic) bond motifs is 1. The van der Waals surface area contributed by atoms with Crippen LogP contribution in [0.5, 0.6) is 5.75 Å². The maximum atomic E-state index is 13.1. The van der Waals surface area contributed by atoms with Gasteiger partial charge in [-0.25, -0.2) is 0 Å². The van der Waals surface area contributed by atoms with Gasteiger partial charge in [0.15, 0.2) is 0 Å². The van der Waals surface area contributed by atoms with Crippen LogP contribution in [-0.4, -0.2) is 18.1 Å². The minimum absolute atomic E-state index is 0.0661. The van der Waals surface area contributed by atoms with E-state index in [2.05, 4.69) is 16.0 Å². The van der Waals surface area contributed by atoms with Crippen molar-refractivity contribution in [2.24, 2.45) is 0 Å². The van der Waals surface area contributed by atoms with E-state index in [-0.39, 0.29) is 12.4 Å². The van der Waals surface area contributed by atoms with E-state index in [4.69, 9.17) is 10.00 Å². The molecule has 4 rings (SSSR count). The standard InChI is InChI=1S/C23H20F3N3O/c1-15-10-22(29-8-2-3-9-29)19-7-4-16(11-21(19)28-15)14-30-18-6-5-17(13-27)20(12-18)23(24,25)26/h4-7,10-12H,2-3,8-9,14H2,1H3. The lowest BCUT2D eigenvalue weighted by molar-refractivity contribution is -0.137. The van der Waals surface area contributed by atoms with Crippen molar-refractivity contribution in [2.75, 3.05) is 18.0 Å². The van der Waals surface area contributed by atoms with Gasteiger partial charge in [-0.2, -0.15) is 18.4 Å². The zero-order valence-electron chi connectivity index (χ0n) is 16.5. The molecule has 7 heteroatoms. The quantitative estimate of drug-likeness (QED) is 0.560. The van der Waals surface area contributed by atoms with Crippen LogP contribution in [0.2, 0.25) is 0 Å².